The molecule has 2 N–H and O–H groups in total. The monoisotopic (exact) mass is 1450 g/mol. The van der Waals surface area contributed by atoms with Crippen molar-refractivity contribution in [2.24, 2.45) is 4.99 Å². The average Bonchev–Trinajstić information content (AvgIpc) is 0.772. The van der Waals surface area contributed by atoms with E-state index in [4.69, 9.17) is 94.7 Å². The number of carbonyl (C=O) groups is 15. The number of aryl methyl sites for hydroxylation is 1. The molecule has 1 aromatic rings. The van der Waals surface area contributed by atoms with Crippen LogP contribution in [-0.4, -0.2) is 243 Å². The van der Waals surface area contributed by atoms with Crippen molar-refractivity contribution in [1.29, 1.82) is 0 Å². The summed E-state index contributed by atoms with van der Waals surface area (Å²) >= 11 is 0.449. The lowest BCUT2D eigenvalue weighted by molar-refractivity contribution is -0.345. The Kier molecular flexibility index (Phi) is 30.9. The Morgan fingerprint density at radius 3 is 0.990 bits per heavy atom. The average molecular weight is 1450 g/mol. The number of nitrogens with zero attached hydrogens (tertiary/aromatic N) is 1. The van der Waals surface area contributed by atoms with Crippen molar-refractivity contribution < 1.29 is 167 Å². The fourth-order valence-corrected chi connectivity index (χ4v) is 11.5. The number of hydrogen-bond acceptors (Lipinski definition) is 37. The summed E-state index contributed by atoms with van der Waals surface area (Å²) in [4.78, 5) is 198. The standard InChI is InChI=1S/C61H79N3O35S/c1-24-16-18-39(19-17-24)62-61(100-59-55(93-38(15)78)51(89-34(11)74)47(43(97-59)23-83-28(5)68)99-58-54(92-37(14)77)50(88-33(10)73)45(85-30(7)70)42(96-58)22-82-27(4)67)64-60(79)63-56-52(90-35(12)75)48(86-31(8)71)46(40(94-56)20-80-25(2)65)98-57-53(91-36(13)76)49(87-32(9)72)44(84-29(6)69)41(95-57)21-81-26(3)66/h16-19,40-59H,20-23H2,1-15H3,(H2,62,63,64,79)/t40-,41-,42-,43-,44+,45+,46-,47-,48+,49+,50+,51+,52-,53-,54-,55-,56-,57+,58+,59+/m1/s1. The molecule has 0 bridgehead atoms. The molecule has 4 heterocycles. The Balaban J connectivity index is 1.65. The molecule has 4 aliphatic heterocycles. The number of amidine groups is 1. The number of rotatable bonds is 25. The molecule has 0 aromatic heterocycles. The van der Waals surface area contributed by atoms with Gasteiger partial charge in [0.1, 0.15) is 63.1 Å². The first kappa shape index (κ1) is 81.5. The summed E-state index contributed by atoms with van der Waals surface area (Å²) in [6.07, 6.45) is -35.4. The van der Waals surface area contributed by atoms with Gasteiger partial charge in [-0.3, -0.25) is 72.4 Å². The first-order chi connectivity index (χ1) is 46.9. The minimum Gasteiger partial charge on any atom is -0.463 e. The van der Waals surface area contributed by atoms with Crippen LogP contribution in [0.2, 0.25) is 0 Å². The third-order valence-electron chi connectivity index (χ3n) is 13.8. The van der Waals surface area contributed by atoms with Gasteiger partial charge in [-0.25, -0.2) is 9.79 Å². The zero-order valence-corrected chi connectivity index (χ0v) is 57.6. The number of urea groups is 1. The minimum absolute atomic E-state index is 0.108. The summed E-state index contributed by atoms with van der Waals surface area (Å²) in [5.74, 6) is -14.1. The number of benzene rings is 1. The van der Waals surface area contributed by atoms with E-state index in [-0.39, 0.29) is 5.69 Å². The highest BCUT2D eigenvalue weighted by molar-refractivity contribution is 8.14. The van der Waals surface area contributed by atoms with Gasteiger partial charge in [0, 0.05) is 96.9 Å². The van der Waals surface area contributed by atoms with Crippen LogP contribution >= 0.6 is 11.8 Å². The van der Waals surface area contributed by atoms with Gasteiger partial charge in [0.05, 0.1) is 5.69 Å². The molecule has 1 aromatic carbocycles. The van der Waals surface area contributed by atoms with E-state index < -0.39 is 243 Å². The molecule has 100 heavy (non-hydrogen) atoms. The number of amides is 2. The maximum Gasteiger partial charge on any atom is 0.322 e. The molecule has 0 saturated carbocycles. The van der Waals surface area contributed by atoms with Gasteiger partial charge in [0.15, 0.2) is 90.5 Å². The van der Waals surface area contributed by atoms with E-state index in [1.54, 1.807) is 19.1 Å². The molecule has 39 heteroatoms. The van der Waals surface area contributed by atoms with Crippen molar-refractivity contribution in [3.63, 3.8) is 0 Å². The van der Waals surface area contributed by atoms with Gasteiger partial charge in [-0.15, -0.1) is 0 Å². The first-order valence-corrected chi connectivity index (χ1v) is 31.4. The summed E-state index contributed by atoms with van der Waals surface area (Å²) in [5, 5.41) is 4.45. The molecule has 0 radical (unpaired) electrons. The zero-order valence-electron chi connectivity index (χ0n) is 56.8. The number of esters is 14. The highest BCUT2D eigenvalue weighted by atomic mass is 32.2. The Labute approximate surface area is 574 Å². The van der Waals surface area contributed by atoms with Gasteiger partial charge in [0.2, 0.25) is 0 Å². The molecule has 4 aliphatic rings. The van der Waals surface area contributed by atoms with Gasteiger partial charge >= 0.3 is 89.6 Å². The summed E-state index contributed by atoms with van der Waals surface area (Å²) in [6.45, 7) is 12.1. The number of ether oxygens (including phenoxy) is 20. The first-order valence-electron chi connectivity index (χ1n) is 30.5. The van der Waals surface area contributed by atoms with E-state index in [1.807, 2.05) is 0 Å². The molecule has 38 nitrogen and oxygen atoms in total. The Hall–Kier alpha value is -9.15. The van der Waals surface area contributed by atoms with Crippen LogP contribution in [0, 0.1) is 6.92 Å². The summed E-state index contributed by atoms with van der Waals surface area (Å²) < 4.78 is 116. The lowest BCUT2D eigenvalue weighted by atomic mass is 9.95. The highest BCUT2D eigenvalue weighted by Crippen LogP contribution is 2.40. The molecular weight excluding hydrogens is 1370 g/mol. The number of aliphatic imine (C=N–C) groups is 1. The lowest BCUT2D eigenvalue weighted by Crippen LogP contribution is -2.69. The van der Waals surface area contributed by atoms with E-state index in [2.05, 4.69) is 15.6 Å². The SMILES string of the molecule is CC(=O)OC[C@H]1O[C@@H](O[C@H]2[C@H](OC(C)=O)[C@@H](OC(C)=O)[C@H](NC(=O)NC(=Nc3ccc(C)cc3)S[C@@H]3O[C@H](COC(C)=O)[C@@H](O[C@@H]4O[C@H](COC(C)=O)[C@H](OC(C)=O)[C@H](OC(C)=O)[C@H]4OC(C)=O)[C@H](OC(C)=O)[C@H]3OC(C)=O)O[C@@H]2COC(C)=O)[C@H](OC(C)=O)[C@@H](OC(C)=O)[C@H]1OC(C)=O. The van der Waals surface area contributed by atoms with E-state index in [0.29, 0.717) is 11.8 Å². The number of hydrogen-bond donors (Lipinski definition) is 2. The van der Waals surface area contributed by atoms with Crippen LogP contribution in [0.4, 0.5) is 10.5 Å². The molecule has 0 spiro atoms. The third kappa shape index (κ3) is 25.2. The molecular formula is C61H79N3O35S. The quantitative estimate of drug-likeness (QED) is 0.0573. The van der Waals surface area contributed by atoms with Crippen molar-refractivity contribution in [2.45, 2.75) is 226 Å². The molecule has 554 valence electrons. The van der Waals surface area contributed by atoms with Crippen LogP contribution in [0.1, 0.15) is 102 Å². The highest BCUT2D eigenvalue weighted by Gasteiger charge is 2.60. The molecule has 0 aliphatic carbocycles. The second-order valence-electron chi connectivity index (χ2n) is 22.3. The largest absolute Gasteiger partial charge is 0.463 e. The Morgan fingerprint density at radius 1 is 0.350 bits per heavy atom. The molecule has 4 saturated heterocycles. The number of carbonyl (C=O) groups excluding carboxylic acids is 15. The molecule has 2 amide bonds. The van der Waals surface area contributed by atoms with E-state index in [1.165, 1.54) is 12.1 Å². The van der Waals surface area contributed by atoms with Crippen molar-refractivity contribution in [1.82, 2.24) is 10.6 Å². The second kappa shape index (κ2) is 37.9. The predicted molar refractivity (Wildman–Crippen MR) is 324 cm³/mol. The van der Waals surface area contributed by atoms with Crippen molar-refractivity contribution >= 4 is 112 Å². The van der Waals surface area contributed by atoms with Gasteiger partial charge in [0.25, 0.3) is 0 Å². The maximum absolute atomic E-state index is 14.9. The molecule has 5 rings (SSSR count). The summed E-state index contributed by atoms with van der Waals surface area (Å²) in [7, 11) is 0. The van der Waals surface area contributed by atoms with Crippen LogP contribution in [0.15, 0.2) is 29.3 Å². The molecule has 4 fully saturated rings. The molecule has 0 unspecified atom stereocenters. The van der Waals surface area contributed by atoms with Crippen LogP contribution in [0.5, 0.6) is 0 Å². The predicted octanol–water partition coefficient (Wildman–Crippen LogP) is 0.254. The van der Waals surface area contributed by atoms with E-state index in [0.717, 1.165) is 102 Å². The van der Waals surface area contributed by atoms with E-state index in [9.17, 15) is 71.9 Å². The number of nitrogens with one attached hydrogen (secondary N) is 2. The van der Waals surface area contributed by atoms with Gasteiger partial charge in [-0.05, 0) is 19.1 Å². The topological polar surface area (TPSA) is 477 Å². The van der Waals surface area contributed by atoms with Crippen LogP contribution in [0.3, 0.4) is 0 Å². The van der Waals surface area contributed by atoms with Gasteiger partial charge in [-0.1, -0.05) is 29.5 Å². The normalized spacial score (nSPS) is 29.3. The maximum atomic E-state index is 14.9. The zero-order chi connectivity index (χ0) is 74.6. The minimum atomic E-state index is -2.06. The van der Waals surface area contributed by atoms with Gasteiger partial charge < -0.3 is 100 Å². The smallest absolute Gasteiger partial charge is 0.322 e. The van der Waals surface area contributed by atoms with Crippen molar-refractivity contribution in [3.05, 3.63) is 29.8 Å². The fourth-order valence-electron chi connectivity index (χ4n) is 10.4. The third-order valence-corrected chi connectivity index (χ3v) is 14.8. The Bertz CT molecular complexity index is 3200. The van der Waals surface area contributed by atoms with Crippen molar-refractivity contribution in [2.75, 3.05) is 26.4 Å². The molecule has 20 atom stereocenters. The summed E-state index contributed by atoms with van der Waals surface area (Å²) in [6, 6.07) is 4.92. The van der Waals surface area contributed by atoms with Crippen LogP contribution in [-0.2, 0) is 162 Å². The van der Waals surface area contributed by atoms with Gasteiger partial charge in [-0.2, -0.15) is 0 Å². The fraction of sp³-hybridized carbons (Fsp3) is 0.639. The lowest BCUT2D eigenvalue weighted by Gasteiger charge is -2.49. The van der Waals surface area contributed by atoms with Crippen LogP contribution in [0.25, 0.3) is 0 Å². The Morgan fingerprint density at radius 2 is 0.640 bits per heavy atom. The second-order valence-corrected chi connectivity index (χ2v) is 23.4. The van der Waals surface area contributed by atoms with Crippen LogP contribution < -0.4 is 10.6 Å². The number of thioether (sulfide) groups is 1. The van der Waals surface area contributed by atoms with Crippen molar-refractivity contribution in [3.8, 4) is 0 Å². The van der Waals surface area contributed by atoms with E-state index >= 15 is 0 Å². The summed E-state index contributed by atoms with van der Waals surface area (Å²) in [5.41, 5.74) is -0.933.